The lowest BCUT2D eigenvalue weighted by Gasteiger charge is -2.61. The molecule has 9 fully saturated rings. The Labute approximate surface area is 369 Å². The molecule has 5 saturated heterocycles. The van der Waals surface area contributed by atoms with Gasteiger partial charge in [-0.05, 0) is 104 Å². The van der Waals surface area contributed by atoms with E-state index in [0.717, 1.165) is 51.6 Å². The first-order chi connectivity index (χ1) is 30.0. The van der Waals surface area contributed by atoms with Crippen molar-refractivity contribution in [2.45, 2.75) is 202 Å². The Morgan fingerprint density at radius 1 is 0.556 bits per heavy atom. The van der Waals surface area contributed by atoms with Crippen LogP contribution >= 0.6 is 0 Å². The van der Waals surface area contributed by atoms with Crippen LogP contribution in [0, 0.1) is 52.3 Å². The molecule has 362 valence electrons. The van der Waals surface area contributed by atoms with Crippen LogP contribution in [0.5, 0.6) is 0 Å². The summed E-state index contributed by atoms with van der Waals surface area (Å²) in [4.78, 5) is 0. The van der Waals surface area contributed by atoms with Crippen LogP contribution in [0.2, 0.25) is 0 Å². The van der Waals surface area contributed by atoms with Crippen molar-refractivity contribution in [2.75, 3.05) is 26.4 Å². The van der Waals surface area contributed by atoms with E-state index < -0.39 is 118 Å². The van der Waals surface area contributed by atoms with Crippen LogP contribution in [-0.2, 0) is 37.9 Å². The van der Waals surface area contributed by atoms with Crippen molar-refractivity contribution in [1.82, 2.24) is 0 Å². The van der Waals surface area contributed by atoms with Gasteiger partial charge in [0.15, 0.2) is 24.7 Å². The van der Waals surface area contributed by atoms with E-state index in [0.29, 0.717) is 47.8 Å². The van der Waals surface area contributed by atoms with Crippen LogP contribution in [0.3, 0.4) is 0 Å². The summed E-state index contributed by atoms with van der Waals surface area (Å²) in [6.07, 6.45) is -14.4. The van der Waals surface area contributed by atoms with Crippen LogP contribution in [0.4, 0.5) is 0 Å². The van der Waals surface area contributed by atoms with E-state index in [2.05, 4.69) is 27.7 Å². The number of fused-ring (bicyclic) bond motifs is 7. The molecule has 9 aliphatic rings. The van der Waals surface area contributed by atoms with Gasteiger partial charge in [-0.15, -0.1) is 0 Å². The minimum Gasteiger partial charge on any atom is -0.394 e. The number of aliphatic hydroxyl groups is 10. The van der Waals surface area contributed by atoms with Crippen molar-refractivity contribution in [1.29, 1.82) is 0 Å². The van der Waals surface area contributed by atoms with Gasteiger partial charge in [0, 0.05) is 12.3 Å². The lowest BCUT2D eigenvalue weighted by atomic mass is 9.44. The third kappa shape index (κ3) is 7.88. The average molecular weight is 903 g/mol. The summed E-state index contributed by atoms with van der Waals surface area (Å²) in [5.74, 6) is 3.14. The minimum atomic E-state index is -1.89. The smallest absolute Gasteiger partial charge is 0.187 e. The van der Waals surface area contributed by atoms with Gasteiger partial charge < -0.3 is 89.0 Å². The number of hydrogen-bond donors (Lipinski definition) is 10. The average Bonchev–Trinajstić information content (AvgIpc) is 3.72. The zero-order chi connectivity index (χ0) is 44.9. The van der Waals surface area contributed by atoms with Crippen LogP contribution in [-0.4, -0.2) is 188 Å². The zero-order valence-electron chi connectivity index (χ0n) is 37.0. The quantitative estimate of drug-likeness (QED) is 0.128. The standard InChI is InChI=1S/C45H74O18/c1-19-7-12-45(56-18-19)20(2)30-26(63-45)14-25-23-6-5-21-13-22(8-10-43(21,3)24(23)9-11-44(25,30)4)57-42-39(35(53)32(50)28(16-47)60-42)62-41-37(55)38(33(51)29(17-48)59-41)61-40-36(54)34(52)31(49)27(15-46)58-40/h19-42,46-55H,5-18H2,1-4H3/t19?,20?,21?,22?,23?,24?,25?,26?,27-,28-,29-,30?,31-,32+,33-,34-,35-,36-,37-,38-,39-,40+,41+,42-,43?,44?,45?/m1/s1. The van der Waals surface area contributed by atoms with E-state index in [-0.39, 0.29) is 23.0 Å². The van der Waals surface area contributed by atoms with Gasteiger partial charge in [-0.25, -0.2) is 0 Å². The maximum absolute atomic E-state index is 11.5. The van der Waals surface area contributed by atoms with E-state index in [1.54, 1.807) is 0 Å². The number of ether oxygens (including phenoxy) is 8. The van der Waals surface area contributed by atoms with Crippen molar-refractivity contribution < 1.29 is 89.0 Å². The van der Waals surface area contributed by atoms with Gasteiger partial charge in [0.2, 0.25) is 0 Å². The molecule has 63 heavy (non-hydrogen) atoms. The van der Waals surface area contributed by atoms with Crippen molar-refractivity contribution in [3.8, 4) is 0 Å². The number of rotatable bonds is 9. The minimum absolute atomic E-state index is 0.0982. The Hall–Kier alpha value is -0.720. The lowest BCUT2D eigenvalue weighted by Crippen LogP contribution is -2.67. The van der Waals surface area contributed by atoms with Crippen LogP contribution in [0.1, 0.15) is 91.9 Å². The summed E-state index contributed by atoms with van der Waals surface area (Å²) >= 11 is 0. The summed E-state index contributed by atoms with van der Waals surface area (Å²) in [6.45, 7) is 8.26. The molecule has 4 saturated carbocycles. The molecule has 0 aromatic carbocycles. The second kappa shape index (κ2) is 18.0. The first-order valence-corrected chi connectivity index (χ1v) is 23.8. The van der Waals surface area contributed by atoms with Gasteiger partial charge in [-0.1, -0.05) is 27.7 Å². The van der Waals surface area contributed by atoms with Crippen LogP contribution in [0.25, 0.3) is 0 Å². The molecule has 10 N–H and O–H groups in total. The highest BCUT2D eigenvalue weighted by Gasteiger charge is 2.69. The third-order valence-electron chi connectivity index (χ3n) is 18.3. The SMILES string of the molecule is CC1CCC2(OC1)OC1CC3C4CCC5CC(O[C@@H]6O[C@H](CO)[C@H](O)[C@@H](O)[C@H]6O[C@@H]6O[C@H](CO)[C@@H](O)[C@@H](O[C@@H]7O[C@H](CO)[C@@H](O)[C@@H](O)[C@H]7O)[C@H]6O)CCC5(C)C4CCC3(C)C1C2C. The summed E-state index contributed by atoms with van der Waals surface area (Å²) in [5, 5.41) is 106. The van der Waals surface area contributed by atoms with Crippen molar-refractivity contribution in [3.63, 3.8) is 0 Å². The molecule has 0 aromatic rings. The van der Waals surface area contributed by atoms with E-state index in [1.165, 1.54) is 12.8 Å². The Morgan fingerprint density at radius 2 is 1.17 bits per heavy atom. The molecule has 4 aliphatic carbocycles. The Bertz CT molecular complexity index is 1570. The van der Waals surface area contributed by atoms with Crippen molar-refractivity contribution in [3.05, 3.63) is 0 Å². The predicted molar refractivity (Wildman–Crippen MR) is 216 cm³/mol. The normalized spacial score (nSPS) is 58.2. The molecule has 12 unspecified atom stereocenters. The Balaban J connectivity index is 0.871. The summed E-state index contributed by atoms with van der Waals surface area (Å²) in [5.41, 5.74) is 0.310. The molecule has 0 aromatic heterocycles. The summed E-state index contributed by atoms with van der Waals surface area (Å²) in [7, 11) is 0. The van der Waals surface area contributed by atoms with Crippen LogP contribution in [0.15, 0.2) is 0 Å². The topological polar surface area (TPSA) is 276 Å². The number of hydrogen-bond acceptors (Lipinski definition) is 18. The molecule has 18 heteroatoms. The number of aliphatic hydroxyl groups excluding tert-OH is 10. The molecule has 0 radical (unpaired) electrons. The largest absolute Gasteiger partial charge is 0.394 e. The maximum atomic E-state index is 11.5. The van der Waals surface area contributed by atoms with Gasteiger partial charge >= 0.3 is 0 Å². The van der Waals surface area contributed by atoms with Gasteiger partial charge in [-0.2, -0.15) is 0 Å². The lowest BCUT2D eigenvalue weighted by molar-refractivity contribution is -0.388. The fourth-order valence-corrected chi connectivity index (χ4v) is 14.7. The molecule has 1 spiro atoms. The second-order valence-corrected chi connectivity index (χ2v) is 21.5. The van der Waals surface area contributed by atoms with Crippen LogP contribution < -0.4 is 0 Å². The second-order valence-electron chi connectivity index (χ2n) is 21.5. The van der Waals surface area contributed by atoms with Gasteiger partial charge in [0.1, 0.15) is 73.2 Å². The van der Waals surface area contributed by atoms with E-state index >= 15 is 0 Å². The van der Waals surface area contributed by atoms with E-state index in [1.807, 2.05) is 0 Å². The molecule has 18 nitrogen and oxygen atoms in total. The van der Waals surface area contributed by atoms with Gasteiger partial charge in [0.25, 0.3) is 0 Å². The molecular weight excluding hydrogens is 828 g/mol. The molecule has 27 atom stereocenters. The molecule has 5 heterocycles. The first kappa shape index (κ1) is 47.4. The molecular formula is C45H74O18. The Morgan fingerprint density at radius 3 is 1.84 bits per heavy atom. The molecule has 9 rings (SSSR count). The van der Waals surface area contributed by atoms with E-state index in [9.17, 15) is 51.1 Å². The maximum Gasteiger partial charge on any atom is 0.187 e. The summed E-state index contributed by atoms with van der Waals surface area (Å²) < 4.78 is 49.3. The predicted octanol–water partition coefficient (Wildman–Crippen LogP) is -0.734. The molecule has 0 bridgehead atoms. The third-order valence-corrected chi connectivity index (χ3v) is 18.3. The highest BCUT2D eigenvalue weighted by molar-refractivity contribution is 5.15. The highest BCUT2D eigenvalue weighted by Crippen LogP contribution is 2.71. The van der Waals surface area contributed by atoms with Gasteiger partial charge in [0.05, 0.1) is 38.6 Å². The van der Waals surface area contributed by atoms with E-state index in [4.69, 9.17) is 37.9 Å². The molecule has 0 amide bonds. The first-order valence-electron chi connectivity index (χ1n) is 23.8. The fourth-order valence-electron chi connectivity index (χ4n) is 14.7. The van der Waals surface area contributed by atoms with Gasteiger partial charge in [-0.3, -0.25) is 0 Å². The van der Waals surface area contributed by atoms with Crippen molar-refractivity contribution >= 4 is 0 Å². The zero-order valence-corrected chi connectivity index (χ0v) is 37.0. The Kier molecular flexibility index (Phi) is 13.5. The highest BCUT2D eigenvalue weighted by atomic mass is 16.8. The molecule has 5 aliphatic heterocycles. The summed E-state index contributed by atoms with van der Waals surface area (Å²) in [6, 6.07) is 0. The fraction of sp³-hybridized carbons (Fsp3) is 1.00. The monoisotopic (exact) mass is 902 g/mol. The van der Waals surface area contributed by atoms with Crippen molar-refractivity contribution in [2.24, 2.45) is 52.3 Å².